The van der Waals surface area contributed by atoms with Crippen LogP contribution in [0.2, 0.25) is 0 Å². The lowest BCUT2D eigenvalue weighted by Crippen LogP contribution is -2.60. The van der Waals surface area contributed by atoms with Gasteiger partial charge in [0, 0.05) is 60.1 Å². The van der Waals surface area contributed by atoms with Crippen LogP contribution in [-0.2, 0) is 19.3 Å². The third-order valence-electron chi connectivity index (χ3n) is 6.76. The van der Waals surface area contributed by atoms with Crippen molar-refractivity contribution in [1.29, 1.82) is 0 Å². The molecule has 0 radical (unpaired) electrons. The van der Waals surface area contributed by atoms with Crippen molar-refractivity contribution in [1.82, 2.24) is 30.3 Å². The molecular formula is C26H30F3N7O2. The fourth-order valence-electron chi connectivity index (χ4n) is 5.51. The van der Waals surface area contributed by atoms with E-state index >= 15 is 0 Å². The predicted octanol–water partition coefficient (Wildman–Crippen LogP) is 4.62. The number of fused-ring (bicyclic) bond motifs is 1. The highest BCUT2D eigenvalue weighted by Gasteiger charge is 2.40. The minimum Gasteiger partial charge on any atom is -0.473 e. The van der Waals surface area contributed by atoms with E-state index in [2.05, 4.69) is 53.3 Å². The van der Waals surface area contributed by atoms with Gasteiger partial charge in [0.25, 0.3) is 5.91 Å². The zero-order valence-electron chi connectivity index (χ0n) is 21.9. The number of nitrogens with one attached hydrogen (secondary N) is 1. The predicted molar refractivity (Wildman–Crippen MR) is 134 cm³/mol. The Kier molecular flexibility index (Phi) is 6.20. The highest BCUT2D eigenvalue weighted by Crippen LogP contribution is 2.38. The largest absolute Gasteiger partial charge is 0.473 e. The summed E-state index contributed by atoms with van der Waals surface area (Å²) in [5, 5.41) is 15.6. The number of nitrogens with zero attached hydrogens (tertiary/aromatic N) is 6. The van der Waals surface area contributed by atoms with Gasteiger partial charge in [0.1, 0.15) is 6.10 Å². The smallest absolute Gasteiger partial charge is 0.435 e. The summed E-state index contributed by atoms with van der Waals surface area (Å²) in [7, 11) is 0. The molecule has 0 saturated carbocycles. The van der Waals surface area contributed by atoms with Crippen LogP contribution >= 0.6 is 0 Å². The molecule has 1 saturated heterocycles. The van der Waals surface area contributed by atoms with E-state index in [9.17, 15) is 18.0 Å². The molecular weight excluding hydrogens is 499 g/mol. The molecule has 2 aliphatic heterocycles. The number of ether oxygens (including phenoxy) is 1. The Morgan fingerprint density at radius 3 is 2.42 bits per heavy atom. The van der Waals surface area contributed by atoms with E-state index in [0.29, 0.717) is 17.4 Å². The molecule has 3 aromatic heterocycles. The molecule has 1 fully saturated rings. The number of aryl methyl sites for hydroxylation is 1. The van der Waals surface area contributed by atoms with Gasteiger partial charge in [-0.3, -0.25) is 19.4 Å². The third kappa shape index (κ3) is 5.09. The Labute approximate surface area is 218 Å². The Bertz CT molecular complexity index is 1350. The number of amides is 1. The summed E-state index contributed by atoms with van der Waals surface area (Å²) in [5.41, 5.74) is -0.451. The fraction of sp³-hybridized carbons (Fsp3) is 0.500. The quantitative estimate of drug-likeness (QED) is 0.515. The van der Waals surface area contributed by atoms with Crippen molar-refractivity contribution >= 4 is 11.7 Å². The number of carbonyl (C=O) groups excluding carboxylic acids is 1. The van der Waals surface area contributed by atoms with Gasteiger partial charge < -0.3 is 10.1 Å². The monoisotopic (exact) mass is 529 g/mol. The van der Waals surface area contributed by atoms with Gasteiger partial charge in [-0.25, -0.2) is 0 Å². The van der Waals surface area contributed by atoms with Crippen LogP contribution in [0.3, 0.4) is 0 Å². The molecule has 202 valence electrons. The van der Waals surface area contributed by atoms with Crippen LogP contribution in [0.4, 0.5) is 19.0 Å². The van der Waals surface area contributed by atoms with Crippen LogP contribution in [0.25, 0.3) is 11.1 Å². The van der Waals surface area contributed by atoms with Gasteiger partial charge in [0.05, 0.1) is 17.8 Å². The van der Waals surface area contributed by atoms with Crippen molar-refractivity contribution in [3.63, 3.8) is 0 Å². The van der Waals surface area contributed by atoms with Crippen LogP contribution < -0.4 is 15.0 Å². The minimum atomic E-state index is -4.64. The number of alkyl halides is 3. The van der Waals surface area contributed by atoms with Crippen molar-refractivity contribution < 1.29 is 22.7 Å². The van der Waals surface area contributed by atoms with Gasteiger partial charge in [0.15, 0.2) is 11.5 Å². The lowest BCUT2D eigenvalue weighted by atomic mass is 9.81. The molecule has 0 aliphatic carbocycles. The number of piperidine rings is 1. The number of carbonyl (C=O) groups is 1. The summed E-state index contributed by atoms with van der Waals surface area (Å²) < 4.78 is 48.1. The highest BCUT2D eigenvalue weighted by atomic mass is 19.4. The molecule has 5 heterocycles. The lowest BCUT2D eigenvalue weighted by Gasteiger charge is -2.46. The SMILES string of the molecule is CCn1cc(-c2cnc3c(c2)C(=O)N(c2ccc(OC4CC(C)(C)NC(C)(C)C4)nn2)C3)c(C(F)(F)F)n1. The summed E-state index contributed by atoms with van der Waals surface area (Å²) in [6.45, 7) is 10.7. The van der Waals surface area contributed by atoms with Crippen LogP contribution in [0.1, 0.15) is 69.2 Å². The van der Waals surface area contributed by atoms with E-state index in [0.717, 1.165) is 12.8 Å². The lowest BCUT2D eigenvalue weighted by molar-refractivity contribution is -0.141. The molecule has 1 N–H and O–H groups in total. The summed E-state index contributed by atoms with van der Waals surface area (Å²) in [6.07, 6.45) is -0.406. The van der Waals surface area contributed by atoms with Gasteiger partial charge in [-0.15, -0.1) is 10.2 Å². The molecule has 12 heteroatoms. The molecule has 0 atom stereocenters. The number of hydrogen-bond acceptors (Lipinski definition) is 7. The van der Waals surface area contributed by atoms with Crippen molar-refractivity contribution in [2.24, 2.45) is 0 Å². The second kappa shape index (κ2) is 9.04. The molecule has 3 aromatic rings. The van der Waals surface area contributed by atoms with Gasteiger partial charge in [-0.05, 0) is 46.8 Å². The fourth-order valence-corrected chi connectivity index (χ4v) is 5.51. The van der Waals surface area contributed by atoms with E-state index in [1.807, 2.05) is 0 Å². The molecule has 0 bridgehead atoms. The Balaban J connectivity index is 1.34. The number of hydrogen-bond donors (Lipinski definition) is 1. The van der Waals surface area contributed by atoms with E-state index in [4.69, 9.17) is 4.74 Å². The number of pyridine rings is 1. The number of anilines is 1. The van der Waals surface area contributed by atoms with E-state index in [1.54, 1.807) is 19.1 Å². The molecule has 5 rings (SSSR count). The van der Waals surface area contributed by atoms with E-state index in [1.165, 1.54) is 28.0 Å². The van der Waals surface area contributed by atoms with E-state index in [-0.39, 0.29) is 47.0 Å². The maximum absolute atomic E-state index is 13.6. The van der Waals surface area contributed by atoms with Crippen LogP contribution in [0.5, 0.6) is 5.88 Å². The molecule has 9 nitrogen and oxygen atoms in total. The van der Waals surface area contributed by atoms with Crippen molar-refractivity contribution in [2.45, 2.75) is 83.9 Å². The Morgan fingerprint density at radius 1 is 1.11 bits per heavy atom. The van der Waals surface area contributed by atoms with Crippen molar-refractivity contribution in [3.05, 3.63) is 47.5 Å². The minimum absolute atomic E-state index is 0.0413. The summed E-state index contributed by atoms with van der Waals surface area (Å²) in [4.78, 5) is 18.9. The summed E-state index contributed by atoms with van der Waals surface area (Å²) >= 11 is 0. The highest BCUT2D eigenvalue weighted by molar-refractivity contribution is 6.09. The first kappa shape index (κ1) is 26.1. The maximum Gasteiger partial charge on any atom is 0.435 e. The average molecular weight is 530 g/mol. The van der Waals surface area contributed by atoms with Gasteiger partial charge in [-0.1, -0.05) is 0 Å². The average Bonchev–Trinajstić information content (AvgIpc) is 3.39. The second-order valence-corrected chi connectivity index (χ2v) is 11.1. The number of rotatable bonds is 5. The zero-order valence-corrected chi connectivity index (χ0v) is 21.9. The summed E-state index contributed by atoms with van der Waals surface area (Å²) in [5.74, 6) is 0.266. The van der Waals surface area contributed by atoms with E-state index < -0.39 is 17.8 Å². The molecule has 0 aromatic carbocycles. The van der Waals surface area contributed by atoms with Gasteiger partial charge in [0.2, 0.25) is 5.88 Å². The molecule has 38 heavy (non-hydrogen) atoms. The summed E-state index contributed by atoms with van der Waals surface area (Å²) in [6, 6.07) is 4.76. The first-order chi connectivity index (χ1) is 17.7. The van der Waals surface area contributed by atoms with Crippen molar-refractivity contribution in [2.75, 3.05) is 4.90 Å². The van der Waals surface area contributed by atoms with Crippen molar-refractivity contribution in [3.8, 4) is 17.0 Å². The molecule has 0 spiro atoms. The van der Waals surface area contributed by atoms with Crippen LogP contribution in [0.15, 0.2) is 30.6 Å². The Morgan fingerprint density at radius 2 is 1.82 bits per heavy atom. The maximum atomic E-state index is 13.6. The topological polar surface area (TPSA) is 98.1 Å². The molecule has 0 unspecified atom stereocenters. The zero-order chi connectivity index (χ0) is 27.5. The standard InChI is InChI=1S/C26H30F3N7O2/c1-6-35-13-18(22(33-35)26(27,28)29)15-9-17-19(30-12-15)14-36(23(17)37)20-7-8-21(32-31-20)38-16-10-24(2,3)34-25(4,5)11-16/h7-9,12-13,16,34H,6,10-11,14H2,1-5H3. The first-order valence-electron chi connectivity index (χ1n) is 12.5. The van der Waals surface area contributed by atoms with Crippen LogP contribution in [0, 0.1) is 0 Å². The molecule has 1 amide bonds. The van der Waals surface area contributed by atoms with Gasteiger partial charge >= 0.3 is 6.18 Å². The Hall–Kier alpha value is -3.54. The first-order valence-corrected chi connectivity index (χ1v) is 12.5. The number of halogens is 3. The van der Waals surface area contributed by atoms with Crippen LogP contribution in [-0.4, -0.2) is 48.1 Å². The third-order valence-corrected chi connectivity index (χ3v) is 6.76. The second-order valence-electron chi connectivity index (χ2n) is 11.1. The van der Waals surface area contributed by atoms with Gasteiger partial charge in [-0.2, -0.15) is 18.3 Å². The number of aromatic nitrogens is 5. The molecule has 2 aliphatic rings. The normalized spacial score (nSPS) is 19.1.